The Labute approximate surface area is 236 Å². The molecule has 0 spiro atoms. The molecule has 2 aliphatic heterocycles. The third-order valence-corrected chi connectivity index (χ3v) is 8.43. The zero-order valence-electron chi connectivity index (χ0n) is 22.7. The summed E-state index contributed by atoms with van der Waals surface area (Å²) in [6, 6.07) is 15.9. The molecule has 4 aromatic heterocycles. The summed E-state index contributed by atoms with van der Waals surface area (Å²) < 4.78 is 7.25. The predicted octanol–water partition coefficient (Wildman–Crippen LogP) is 4.04. The van der Waals surface area contributed by atoms with E-state index >= 15 is 0 Å². The summed E-state index contributed by atoms with van der Waals surface area (Å²) in [5.41, 5.74) is 19.1. The smallest absolute Gasteiger partial charge is 0.272 e. The van der Waals surface area contributed by atoms with Crippen molar-refractivity contribution in [3.05, 3.63) is 77.9 Å². The zero-order valence-corrected chi connectivity index (χ0v) is 22.7. The highest BCUT2D eigenvalue weighted by Crippen LogP contribution is 2.45. The summed E-state index contributed by atoms with van der Waals surface area (Å²) in [6.07, 6.45) is 7.13. The largest absolute Gasteiger partial charge is 0.383 e. The summed E-state index contributed by atoms with van der Waals surface area (Å²) >= 11 is 0. The van der Waals surface area contributed by atoms with E-state index < -0.39 is 0 Å². The maximum atomic E-state index is 13.3. The molecular weight excluding hydrogens is 518 g/mol. The Balaban J connectivity index is 1.24. The first-order valence-corrected chi connectivity index (χ1v) is 13.8. The molecule has 0 unspecified atom stereocenters. The van der Waals surface area contributed by atoms with Gasteiger partial charge in [0.25, 0.3) is 5.91 Å². The van der Waals surface area contributed by atoms with Crippen molar-refractivity contribution >= 4 is 23.2 Å². The number of hydrogen-bond donors (Lipinski definition) is 3. The number of amides is 1. The Bertz CT molecular complexity index is 1710. The Morgan fingerprint density at radius 2 is 1.83 bits per heavy atom. The number of hydrogen-bond acceptors (Lipinski definition) is 8. The molecule has 11 nitrogen and oxygen atoms in total. The highest BCUT2D eigenvalue weighted by atomic mass is 16.5. The van der Waals surface area contributed by atoms with Crippen molar-refractivity contribution in [2.75, 3.05) is 18.6 Å². The third-order valence-electron chi connectivity index (χ3n) is 8.43. The first-order valence-electron chi connectivity index (χ1n) is 13.8. The number of nitrogens with zero attached hydrogens (tertiary/aromatic N) is 6. The number of ether oxygens (including phenoxy) is 1. The van der Waals surface area contributed by atoms with Gasteiger partial charge in [-0.2, -0.15) is 14.7 Å². The number of aromatic nitrogens is 6. The van der Waals surface area contributed by atoms with Gasteiger partial charge in [0, 0.05) is 59.6 Å². The number of rotatable bonds is 6. The first-order chi connectivity index (χ1) is 20.0. The Morgan fingerprint density at radius 3 is 2.49 bits per heavy atom. The number of piperidine rings is 1. The van der Waals surface area contributed by atoms with Gasteiger partial charge in [-0.1, -0.05) is 36.4 Å². The minimum atomic E-state index is -0.0512. The molecule has 6 heterocycles. The molecule has 41 heavy (non-hydrogen) atoms. The van der Waals surface area contributed by atoms with E-state index in [2.05, 4.69) is 15.3 Å². The second-order valence-electron chi connectivity index (χ2n) is 10.9. The van der Waals surface area contributed by atoms with E-state index in [1.54, 1.807) is 23.9 Å². The number of nitrogen functional groups attached to an aromatic ring is 2. The van der Waals surface area contributed by atoms with Crippen LogP contribution >= 0.6 is 0 Å². The van der Waals surface area contributed by atoms with Crippen LogP contribution in [0.5, 0.6) is 0 Å². The fraction of sp³-hybridized carbons (Fsp3) is 0.300. The monoisotopic (exact) mass is 549 g/mol. The van der Waals surface area contributed by atoms with Gasteiger partial charge in [0.15, 0.2) is 5.65 Å². The maximum Gasteiger partial charge on any atom is 0.272 e. The van der Waals surface area contributed by atoms with Gasteiger partial charge in [-0.25, -0.2) is 4.98 Å². The molecule has 2 fully saturated rings. The fourth-order valence-corrected chi connectivity index (χ4v) is 6.55. The number of H-pyrrole nitrogens is 1. The zero-order chi connectivity index (χ0) is 28.1. The molecule has 5 N–H and O–H groups in total. The number of methoxy groups -OCH3 is 1. The molecule has 7 rings (SSSR count). The molecule has 2 aliphatic rings. The van der Waals surface area contributed by atoms with Crippen molar-refractivity contribution in [1.29, 1.82) is 0 Å². The lowest BCUT2D eigenvalue weighted by atomic mass is 9.85. The molecule has 2 bridgehead atoms. The van der Waals surface area contributed by atoms with Crippen molar-refractivity contribution in [3.8, 4) is 22.4 Å². The normalized spacial score (nSPS) is 20.1. The van der Waals surface area contributed by atoms with E-state index in [1.165, 1.54) is 0 Å². The number of nitrogens with one attached hydrogen (secondary N) is 1. The molecule has 0 saturated carbocycles. The summed E-state index contributed by atoms with van der Waals surface area (Å²) in [6.45, 7) is 0.328. The summed E-state index contributed by atoms with van der Waals surface area (Å²) in [5.74, 6) is 0.909. The SMILES string of the molecule is COCc1c([C@@H]2C[C@H]3CC[C@@H](C2)N3C(=O)c2cc(N)n[nH]2)nc2c(-c3ccc(-c4ccccc4)nc3)cnn2c1N. The van der Waals surface area contributed by atoms with Gasteiger partial charge in [-0.3, -0.25) is 14.9 Å². The number of carbonyl (C=O) groups is 1. The number of aromatic amines is 1. The summed E-state index contributed by atoms with van der Waals surface area (Å²) in [7, 11) is 1.66. The predicted molar refractivity (Wildman–Crippen MR) is 155 cm³/mol. The molecule has 0 radical (unpaired) electrons. The molecular formula is C30H31N9O2. The van der Waals surface area contributed by atoms with E-state index in [-0.39, 0.29) is 23.9 Å². The molecule has 11 heteroatoms. The van der Waals surface area contributed by atoms with Crippen LogP contribution in [0.2, 0.25) is 0 Å². The molecule has 1 aromatic carbocycles. The molecule has 208 valence electrons. The highest BCUT2D eigenvalue weighted by molar-refractivity contribution is 5.93. The number of benzene rings is 1. The average Bonchev–Trinajstić information content (AvgIpc) is 3.70. The van der Waals surface area contributed by atoms with Crippen LogP contribution in [0.3, 0.4) is 0 Å². The van der Waals surface area contributed by atoms with E-state index in [9.17, 15) is 4.79 Å². The Hall–Kier alpha value is -4.77. The van der Waals surface area contributed by atoms with Crippen molar-refractivity contribution in [1.82, 2.24) is 34.7 Å². The first kappa shape index (κ1) is 25.2. The van der Waals surface area contributed by atoms with Gasteiger partial charge < -0.3 is 21.1 Å². The van der Waals surface area contributed by atoms with E-state index in [1.807, 2.05) is 53.6 Å². The van der Waals surface area contributed by atoms with E-state index in [0.717, 1.165) is 59.3 Å². The van der Waals surface area contributed by atoms with Gasteiger partial charge in [0.1, 0.15) is 17.3 Å². The van der Waals surface area contributed by atoms with Gasteiger partial charge in [-0.05, 0) is 31.7 Å². The van der Waals surface area contributed by atoms with Crippen LogP contribution in [0.4, 0.5) is 11.6 Å². The van der Waals surface area contributed by atoms with Crippen LogP contribution in [0, 0.1) is 0 Å². The topological polar surface area (TPSA) is 153 Å². The second kappa shape index (κ2) is 10.0. The van der Waals surface area contributed by atoms with Crippen LogP contribution < -0.4 is 11.5 Å². The third kappa shape index (κ3) is 4.29. The van der Waals surface area contributed by atoms with Crippen molar-refractivity contribution in [2.24, 2.45) is 0 Å². The Kier molecular flexibility index (Phi) is 6.15. The van der Waals surface area contributed by atoms with Crippen LogP contribution in [0.1, 0.15) is 53.3 Å². The molecule has 0 aliphatic carbocycles. The fourth-order valence-electron chi connectivity index (χ4n) is 6.55. The number of pyridine rings is 1. The van der Waals surface area contributed by atoms with Gasteiger partial charge in [0.2, 0.25) is 0 Å². The number of anilines is 2. The molecule has 2 saturated heterocycles. The lowest BCUT2D eigenvalue weighted by Gasteiger charge is -2.39. The van der Waals surface area contributed by atoms with Gasteiger partial charge in [-0.15, -0.1) is 0 Å². The van der Waals surface area contributed by atoms with Crippen molar-refractivity contribution in [2.45, 2.75) is 50.3 Å². The molecule has 3 atom stereocenters. The van der Waals surface area contributed by atoms with Crippen molar-refractivity contribution in [3.63, 3.8) is 0 Å². The van der Waals surface area contributed by atoms with E-state index in [0.29, 0.717) is 29.6 Å². The number of carbonyl (C=O) groups excluding carboxylic acids is 1. The molecule has 5 aromatic rings. The van der Waals surface area contributed by atoms with Crippen molar-refractivity contribution < 1.29 is 9.53 Å². The van der Waals surface area contributed by atoms with Crippen LogP contribution in [0.15, 0.2) is 60.9 Å². The van der Waals surface area contributed by atoms with E-state index in [4.69, 9.17) is 26.2 Å². The van der Waals surface area contributed by atoms with Gasteiger partial charge in [0.05, 0.1) is 24.2 Å². The lowest BCUT2D eigenvalue weighted by Crippen LogP contribution is -2.46. The van der Waals surface area contributed by atoms with Crippen LogP contribution in [0.25, 0.3) is 28.0 Å². The summed E-state index contributed by atoms with van der Waals surface area (Å²) in [4.78, 5) is 25.2. The number of fused-ring (bicyclic) bond motifs is 3. The average molecular weight is 550 g/mol. The van der Waals surface area contributed by atoms with Gasteiger partial charge >= 0.3 is 0 Å². The quantitative estimate of drug-likeness (QED) is 0.287. The lowest BCUT2D eigenvalue weighted by molar-refractivity contribution is 0.0562. The second-order valence-corrected chi connectivity index (χ2v) is 10.9. The maximum absolute atomic E-state index is 13.3. The standard InChI is InChI=1S/C30H31N9O2/c1-41-16-23-27(19-11-20-8-9-21(12-19)38(20)30(40)25-13-26(31)37-36-25)35-29-22(15-34-39(29)28(23)32)18-7-10-24(33-14-18)17-5-3-2-4-6-17/h2-7,10,13-15,19-21H,8-9,11-12,16,32H2,1H3,(H3,31,36,37)/t19-,20-,21+. The summed E-state index contributed by atoms with van der Waals surface area (Å²) in [5, 5.41) is 11.3. The molecule has 1 amide bonds. The highest BCUT2D eigenvalue weighted by Gasteiger charge is 2.45. The number of nitrogens with two attached hydrogens (primary N) is 2. The Morgan fingerprint density at radius 1 is 1.05 bits per heavy atom. The minimum Gasteiger partial charge on any atom is -0.383 e. The van der Waals surface area contributed by atoms with Crippen LogP contribution in [-0.4, -0.2) is 59.8 Å². The minimum absolute atomic E-state index is 0.0512. The van der Waals surface area contributed by atoms with Crippen LogP contribution in [-0.2, 0) is 11.3 Å².